The minimum Gasteiger partial charge on any atom is -0.326 e. The van der Waals surface area contributed by atoms with Crippen LogP contribution >= 0.6 is 0 Å². The molecule has 2 aliphatic rings. The Morgan fingerprint density at radius 2 is 1.79 bits per heavy atom. The van der Waals surface area contributed by atoms with E-state index in [1.165, 1.54) is 11.1 Å². The molecule has 1 aromatic carbocycles. The molecule has 3 rings (SSSR count). The highest BCUT2D eigenvalue weighted by molar-refractivity contribution is 6.50. The third-order valence-electron chi connectivity index (χ3n) is 3.70. The molecule has 0 spiro atoms. The summed E-state index contributed by atoms with van der Waals surface area (Å²) in [6.45, 7) is 4.66. The summed E-state index contributed by atoms with van der Waals surface area (Å²) in [5, 5.41) is 0. The Morgan fingerprint density at radius 1 is 1.11 bits per heavy atom. The van der Waals surface area contributed by atoms with E-state index in [1.54, 1.807) is 11.9 Å². The van der Waals surface area contributed by atoms with Gasteiger partial charge in [0.2, 0.25) is 0 Å². The molecule has 0 fully saturated rings. The van der Waals surface area contributed by atoms with Crippen molar-refractivity contribution in [2.75, 3.05) is 25.5 Å². The lowest BCUT2D eigenvalue weighted by molar-refractivity contribution is 0.223. The Morgan fingerprint density at radius 3 is 2.53 bits per heavy atom. The zero-order chi connectivity index (χ0) is 13.7. The van der Waals surface area contributed by atoms with Gasteiger partial charge in [-0.3, -0.25) is 0 Å². The number of urea groups is 1. The van der Waals surface area contributed by atoms with Crippen molar-refractivity contribution in [3.8, 4) is 0 Å². The Bertz CT molecular complexity index is 645. The molecule has 2 amide bonds. The zero-order valence-electron chi connectivity index (χ0n) is 11.6. The molecule has 0 aromatic heterocycles. The molecule has 0 N–H and O–H groups in total. The summed E-state index contributed by atoms with van der Waals surface area (Å²) < 4.78 is 0. The molecule has 2 heterocycles. The number of rotatable bonds is 0. The van der Waals surface area contributed by atoms with Crippen LogP contribution in [-0.4, -0.2) is 43.1 Å². The van der Waals surface area contributed by atoms with E-state index in [4.69, 9.17) is 0 Å². The number of fused-ring (bicyclic) bond motifs is 2. The maximum atomic E-state index is 11.7. The third-order valence-corrected chi connectivity index (χ3v) is 3.70. The van der Waals surface area contributed by atoms with Gasteiger partial charge in [-0.1, -0.05) is 0 Å². The highest BCUT2D eigenvalue weighted by atomic mass is 16.2. The first-order chi connectivity index (χ1) is 8.97. The number of amides is 2. The zero-order valence-corrected chi connectivity index (χ0v) is 11.6. The molecule has 1 aromatic rings. The number of amidine groups is 1. The van der Waals surface area contributed by atoms with Crippen LogP contribution in [0.4, 0.5) is 16.2 Å². The van der Waals surface area contributed by atoms with Gasteiger partial charge in [-0.25, -0.2) is 9.79 Å². The van der Waals surface area contributed by atoms with E-state index in [9.17, 15) is 4.79 Å². The van der Waals surface area contributed by atoms with Crippen LogP contribution in [0.15, 0.2) is 22.1 Å². The Balaban J connectivity index is 2.19. The highest BCUT2D eigenvalue weighted by Crippen LogP contribution is 2.35. The van der Waals surface area contributed by atoms with Crippen molar-refractivity contribution < 1.29 is 4.79 Å². The van der Waals surface area contributed by atoms with E-state index in [2.05, 4.69) is 36.0 Å². The van der Waals surface area contributed by atoms with Crippen LogP contribution in [0.2, 0.25) is 0 Å². The first-order valence-corrected chi connectivity index (χ1v) is 6.24. The summed E-state index contributed by atoms with van der Waals surface area (Å²) in [6, 6.07) is 3.96. The minimum absolute atomic E-state index is 0.215. The van der Waals surface area contributed by atoms with Crippen molar-refractivity contribution in [3.05, 3.63) is 23.3 Å². The van der Waals surface area contributed by atoms with Crippen LogP contribution < -0.4 is 4.90 Å². The van der Waals surface area contributed by atoms with E-state index >= 15 is 0 Å². The van der Waals surface area contributed by atoms with E-state index in [1.807, 2.05) is 11.9 Å². The summed E-state index contributed by atoms with van der Waals surface area (Å²) >= 11 is 0. The molecule has 0 atom stereocenters. The molecule has 0 radical (unpaired) electrons. The van der Waals surface area contributed by atoms with Crippen molar-refractivity contribution in [1.29, 1.82) is 0 Å². The fourth-order valence-electron chi connectivity index (χ4n) is 2.36. The number of nitrogens with zero attached hydrogens (tertiary/aromatic N) is 4. The number of carbonyl (C=O) groups is 1. The second-order valence-corrected chi connectivity index (χ2v) is 5.12. The average molecular weight is 256 g/mol. The van der Waals surface area contributed by atoms with Gasteiger partial charge in [0.1, 0.15) is 5.71 Å². The predicted molar refractivity (Wildman–Crippen MR) is 76.9 cm³/mol. The molecule has 19 heavy (non-hydrogen) atoms. The molecule has 0 aliphatic carbocycles. The van der Waals surface area contributed by atoms with Crippen LogP contribution in [0.5, 0.6) is 0 Å². The highest BCUT2D eigenvalue weighted by Gasteiger charge is 2.30. The summed E-state index contributed by atoms with van der Waals surface area (Å²) in [4.78, 5) is 24.0. The van der Waals surface area contributed by atoms with Gasteiger partial charge >= 0.3 is 6.03 Å². The van der Waals surface area contributed by atoms with E-state index in [0.717, 1.165) is 17.1 Å². The monoisotopic (exact) mass is 256 g/mol. The molecule has 0 bridgehead atoms. The number of benzene rings is 1. The van der Waals surface area contributed by atoms with Crippen LogP contribution in [0, 0.1) is 13.8 Å². The number of anilines is 1. The van der Waals surface area contributed by atoms with Crippen LogP contribution in [0.1, 0.15) is 11.1 Å². The van der Waals surface area contributed by atoms with Gasteiger partial charge in [0.05, 0.1) is 17.9 Å². The van der Waals surface area contributed by atoms with Crippen molar-refractivity contribution in [2.45, 2.75) is 13.8 Å². The second-order valence-electron chi connectivity index (χ2n) is 5.12. The number of aliphatic imine (C=N–C) groups is 2. The maximum Gasteiger partial charge on any atom is 0.345 e. The lowest BCUT2D eigenvalue weighted by atomic mass is 10.0. The SMILES string of the molecule is Cc1cc2c(cc1C)N(C)C1=NC(=O)N(C)CC1=N2. The maximum absolute atomic E-state index is 11.7. The molecule has 2 aliphatic heterocycles. The lowest BCUT2D eigenvalue weighted by Gasteiger charge is -2.33. The van der Waals surface area contributed by atoms with E-state index in [-0.39, 0.29) is 6.03 Å². The summed E-state index contributed by atoms with van der Waals surface area (Å²) in [7, 11) is 3.67. The van der Waals surface area contributed by atoms with Crippen molar-refractivity contribution in [2.24, 2.45) is 9.98 Å². The third kappa shape index (κ3) is 1.73. The smallest absolute Gasteiger partial charge is 0.326 e. The first kappa shape index (κ1) is 11.9. The molecular weight excluding hydrogens is 240 g/mol. The molecule has 5 heteroatoms. The molecule has 0 saturated heterocycles. The fraction of sp³-hybridized carbons (Fsp3) is 0.357. The standard InChI is InChI=1S/C14H16N4O/c1-8-5-10-12(6-9(8)2)18(4)13-11(15-10)7-17(3)14(19)16-13/h5-6H,7H2,1-4H3. The Hall–Kier alpha value is -2.17. The Kier molecular flexibility index (Phi) is 2.45. The average Bonchev–Trinajstić information content (AvgIpc) is 2.35. The van der Waals surface area contributed by atoms with E-state index in [0.29, 0.717) is 12.4 Å². The number of aryl methyl sites for hydroxylation is 2. The van der Waals surface area contributed by atoms with E-state index < -0.39 is 0 Å². The normalized spacial score (nSPS) is 17.8. The molecular formula is C14H16N4O. The number of hydrogen-bond donors (Lipinski definition) is 0. The van der Waals surface area contributed by atoms with Gasteiger partial charge in [-0.05, 0) is 37.1 Å². The van der Waals surface area contributed by atoms with Crippen molar-refractivity contribution >= 4 is 29.0 Å². The van der Waals surface area contributed by atoms with Crippen LogP contribution in [0.25, 0.3) is 0 Å². The number of carbonyl (C=O) groups excluding carboxylic acids is 1. The fourth-order valence-corrected chi connectivity index (χ4v) is 2.36. The molecule has 0 unspecified atom stereocenters. The molecule has 5 nitrogen and oxygen atoms in total. The molecule has 0 saturated carbocycles. The van der Waals surface area contributed by atoms with Crippen molar-refractivity contribution in [3.63, 3.8) is 0 Å². The quantitative estimate of drug-likeness (QED) is 0.715. The summed E-state index contributed by atoms with van der Waals surface area (Å²) in [5.74, 6) is 0.666. The number of hydrogen-bond acceptors (Lipinski definition) is 3. The lowest BCUT2D eigenvalue weighted by Crippen LogP contribution is -2.47. The van der Waals surface area contributed by atoms with Gasteiger partial charge in [-0.15, -0.1) is 0 Å². The summed E-state index contributed by atoms with van der Waals surface area (Å²) in [6.07, 6.45) is 0. The van der Waals surface area contributed by atoms with Crippen molar-refractivity contribution in [1.82, 2.24) is 4.90 Å². The summed E-state index contributed by atoms with van der Waals surface area (Å²) in [5.41, 5.74) is 5.23. The minimum atomic E-state index is -0.215. The predicted octanol–water partition coefficient (Wildman–Crippen LogP) is 2.29. The van der Waals surface area contributed by atoms with Gasteiger partial charge in [-0.2, -0.15) is 4.99 Å². The van der Waals surface area contributed by atoms with Crippen LogP contribution in [-0.2, 0) is 0 Å². The Labute approximate surface area is 112 Å². The second kappa shape index (κ2) is 3.91. The largest absolute Gasteiger partial charge is 0.345 e. The van der Waals surface area contributed by atoms with Gasteiger partial charge in [0, 0.05) is 14.1 Å². The molecule has 98 valence electrons. The van der Waals surface area contributed by atoms with Crippen LogP contribution in [0.3, 0.4) is 0 Å². The first-order valence-electron chi connectivity index (χ1n) is 6.24. The van der Waals surface area contributed by atoms with Gasteiger partial charge < -0.3 is 9.80 Å². The van der Waals surface area contributed by atoms with Gasteiger partial charge in [0.15, 0.2) is 5.84 Å². The van der Waals surface area contributed by atoms with Gasteiger partial charge in [0.25, 0.3) is 0 Å². The topological polar surface area (TPSA) is 48.3 Å².